The van der Waals surface area contributed by atoms with E-state index in [1.54, 1.807) is 25.7 Å². The van der Waals surface area contributed by atoms with Crippen molar-refractivity contribution < 1.29 is 23.9 Å². The van der Waals surface area contributed by atoms with E-state index in [0.717, 1.165) is 54.4 Å². The predicted molar refractivity (Wildman–Crippen MR) is 180 cm³/mol. The summed E-state index contributed by atoms with van der Waals surface area (Å²) < 4.78 is 5.46. The van der Waals surface area contributed by atoms with Crippen LogP contribution in [0.4, 0.5) is 10.5 Å². The van der Waals surface area contributed by atoms with Gasteiger partial charge in [-0.25, -0.2) is 4.79 Å². The molecule has 0 aromatic heterocycles. The number of nitrogens with zero attached hydrogens (tertiary/aromatic N) is 1. The Morgan fingerprint density at radius 2 is 1.44 bits per heavy atom. The normalized spacial score (nSPS) is 12.6. The largest absolute Gasteiger partial charge is 0.444 e. The minimum Gasteiger partial charge on any atom is -0.444 e. The summed E-state index contributed by atoms with van der Waals surface area (Å²) in [5.41, 5.74) is 9.76. The highest BCUT2D eigenvalue weighted by Crippen LogP contribution is 2.31. The molecule has 0 aliphatic heterocycles. The Morgan fingerprint density at radius 1 is 0.867 bits per heavy atom. The van der Waals surface area contributed by atoms with E-state index in [-0.39, 0.29) is 25.3 Å². The van der Waals surface area contributed by atoms with Crippen molar-refractivity contribution >= 4 is 29.5 Å². The molecular formula is C36H54N4O5. The molecule has 2 rings (SSSR count). The number of carbonyl (C=O) groups is 4. The van der Waals surface area contributed by atoms with Crippen LogP contribution in [0.25, 0.3) is 0 Å². The first kappa shape index (κ1) is 37.3. The summed E-state index contributed by atoms with van der Waals surface area (Å²) in [6.45, 7) is 15.4. The standard InChI is InChI=1S/C36H54N4O5/c1-9-10-11-12-13-14-23-40(34(43)29(21-22-30(37)41)38-35(44)45-36(6,7)8)32(28-20-16-17-24(2)27(28)5)33(42)39-31-25(3)18-15-19-26(31)4/h15-20,29,32H,9-14,21-23H2,1-8H3,(H2,37,41)(H,38,44)(H,39,42). The van der Waals surface area contributed by atoms with Gasteiger partial charge < -0.3 is 26.0 Å². The summed E-state index contributed by atoms with van der Waals surface area (Å²) >= 11 is 0. The zero-order chi connectivity index (χ0) is 33.7. The van der Waals surface area contributed by atoms with Crippen LogP contribution in [0, 0.1) is 27.7 Å². The fourth-order valence-corrected chi connectivity index (χ4v) is 5.35. The molecule has 0 radical (unpaired) electrons. The number of carbonyl (C=O) groups excluding carboxylic acids is 4. The zero-order valence-electron chi connectivity index (χ0n) is 28.5. The highest BCUT2D eigenvalue weighted by Gasteiger charge is 2.37. The zero-order valence-corrected chi connectivity index (χ0v) is 28.5. The summed E-state index contributed by atoms with van der Waals surface area (Å²) in [6, 6.07) is 9.39. The van der Waals surface area contributed by atoms with E-state index < -0.39 is 35.6 Å². The van der Waals surface area contributed by atoms with Crippen LogP contribution < -0.4 is 16.4 Å². The summed E-state index contributed by atoms with van der Waals surface area (Å²) in [6.07, 6.45) is 4.98. The van der Waals surface area contributed by atoms with Crippen LogP contribution in [0.15, 0.2) is 36.4 Å². The van der Waals surface area contributed by atoms with Gasteiger partial charge in [-0.3, -0.25) is 14.4 Å². The van der Waals surface area contributed by atoms with Crippen molar-refractivity contribution in [1.29, 1.82) is 0 Å². The number of amides is 4. The number of nitrogens with one attached hydrogen (secondary N) is 2. The Hall–Kier alpha value is -3.88. The van der Waals surface area contributed by atoms with E-state index >= 15 is 0 Å². The molecule has 0 heterocycles. The average Bonchev–Trinajstić information content (AvgIpc) is 2.94. The molecule has 0 spiro atoms. The lowest BCUT2D eigenvalue weighted by Crippen LogP contribution is -2.53. The van der Waals surface area contributed by atoms with Crippen LogP contribution in [0.2, 0.25) is 0 Å². The van der Waals surface area contributed by atoms with Crippen molar-refractivity contribution in [2.24, 2.45) is 5.73 Å². The molecule has 9 nitrogen and oxygen atoms in total. The second-order valence-corrected chi connectivity index (χ2v) is 13.0. The monoisotopic (exact) mass is 622 g/mol. The highest BCUT2D eigenvalue weighted by molar-refractivity contribution is 6.00. The lowest BCUT2D eigenvalue weighted by Gasteiger charge is -2.35. The van der Waals surface area contributed by atoms with E-state index in [9.17, 15) is 19.2 Å². The van der Waals surface area contributed by atoms with Gasteiger partial charge in [0.15, 0.2) is 0 Å². The van der Waals surface area contributed by atoms with Gasteiger partial charge in [0.2, 0.25) is 11.8 Å². The number of alkyl carbamates (subject to hydrolysis) is 1. The van der Waals surface area contributed by atoms with E-state index in [0.29, 0.717) is 17.7 Å². The topological polar surface area (TPSA) is 131 Å². The van der Waals surface area contributed by atoms with Gasteiger partial charge in [0.05, 0.1) is 0 Å². The van der Waals surface area contributed by atoms with Crippen LogP contribution in [-0.2, 0) is 19.1 Å². The molecule has 0 aliphatic carbocycles. The van der Waals surface area contributed by atoms with Gasteiger partial charge in [-0.15, -0.1) is 0 Å². The average molecular weight is 623 g/mol. The third-order valence-corrected chi connectivity index (χ3v) is 7.93. The number of anilines is 1. The second kappa shape index (κ2) is 17.6. The maximum absolute atomic E-state index is 14.5. The van der Waals surface area contributed by atoms with Crippen molar-refractivity contribution in [2.75, 3.05) is 11.9 Å². The molecule has 248 valence electrons. The number of para-hydroxylation sites is 1. The van der Waals surface area contributed by atoms with Gasteiger partial charge in [-0.2, -0.15) is 0 Å². The van der Waals surface area contributed by atoms with Crippen molar-refractivity contribution in [3.05, 3.63) is 64.2 Å². The van der Waals surface area contributed by atoms with Crippen LogP contribution in [0.5, 0.6) is 0 Å². The van der Waals surface area contributed by atoms with Crippen LogP contribution >= 0.6 is 0 Å². The second-order valence-electron chi connectivity index (χ2n) is 13.0. The molecule has 0 saturated carbocycles. The minimum absolute atomic E-state index is 0.0293. The molecule has 2 unspecified atom stereocenters. The molecule has 9 heteroatoms. The highest BCUT2D eigenvalue weighted by atomic mass is 16.6. The number of ether oxygens (including phenoxy) is 1. The number of aryl methyl sites for hydroxylation is 3. The van der Waals surface area contributed by atoms with Crippen molar-refractivity contribution in [3.8, 4) is 0 Å². The predicted octanol–water partition coefficient (Wildman–Crippen LogP) is 6.95. The number of benzene rings is 2. The molecular weight excluding hydrogens is 568 g/mol. The third kappa shape index (κ3) is 11.9. The smallest absolute Gasteiger partial charge is 0.408 e. The summed E-state index contributed by atoms with van der Waals surface area (Å²) in [5, 5.41) is 5.79. The van der Waals surface area contributed by atoms with Gasteiger partial charge in [-0.05, 0) is 89.1 Å². The van der Waals surface area contributed by atoms with Gasteiger partial charge >= 0.3 is 6.09 Å². The SMILES string of the molecule is CCCCCCCCN(C(=O)C(CCC(N)=O)NC(=O)OC(C)(C)C)C(C(=O)Nc1c(C)cccc1C)c1cccc(C)c1C. The maximum atomic E-state index is 14.5. The molecule has 2 atom stereocenters. The number of hydrogen-bond acceptors (Lipinski definition) is 5. The molecule has 0 saturated heterocycles. The number of rotatable bonds is 16. The molecule has 45 heavy (non-hydrogen) atoms. The quantitative estimate of drug-likeness (QED) is 0.174. The molecule has 2 aromatic rings. The van der Waals surface area contributed by atoms with E-state index in [1.165, 1.54) is 0 Å². The van der Waals surface area contributed by atoms with Crippen LogP contribution in [-0.4, -0.2) is 46.9 Å². The summed E-state index contributed by atoms with van der Waals surface area (Å²) in [7, 11) is 0. The Morgan fingerprint density at radius 3 is 2.04 bits per heavy atom. The van der Waals surface area contributed by atoms with Gasteiger partial charge in [0.1, 0.15) is 17.7 Å². The Balaban J connectivity index is 2.63. The minimum atomic E-state index is -1.13. The molecule has 2 aromatic carbocycles. The number of hydrogen-bond donors (Lipinski definition) is 3. The Bertz CT molecular complexity index is 1300. The van der Waals surface area contributed by atoms with E-state index in [4.69, 9.17) is 10.5 Å². The fourth-order valence-electron chi connectivity index (χ4n) is 5.35. The molecule has 4 amide bonds. The summed E-state index contributed by atoms with van der Waals surface area (Å²) in [4.78, 5) is 55.2. The molecule has 0 aliphatic rings. The number of nitrogens with two attached hydrogens (primary N) is 1. The first-order valence-corrected chi connectivity index (χ1v) is 16.2. The van der Waals surface area contributed by atoms with Gasteiger partial charge in [0.25, 0.3) is 5.91 Å². The molecule has 4 N–H and O–H groups in total. The van der Waals surface area contributed by atoms with Gasteiger partial charge in [0, 0.05) is 18.7 Å². The Kier molecular flexibility index (Phi) is 14.6. The lowest BCUT2D eigenvalue weighted by molar-refractivity contribution is -0.141. The third-order valence-electron chi connectivity index (χ3n) is 7.93. The van der Waals surface area contributed by atoms with Crippen molar-refractivity contribution in [2.45, 2.75) is 124 Å². The molecule has 0 fully saturated rings. The Labute approximate surface area is 269 Å². The van der Waals surface area contributed by atoms with Gasteiger partial charge in [-0.1, -0.05) is 75.4 Å². The first-order valence-electron chi connectivity index (χ1n) is 16.2. The summed E-state index contributed by atoms with van der Waals surface area (Å²) in [5.74, 6) is -1.43. The van der Waals surface area contributed by atoms with Crippen molar-refractivity contribution in [3.63, 3.8) is 0 Å². The van der Waals surface area contributed by atoms with Crippen LogP contribution in [0.3, 0.4) is 0 Å². The lowest BCUT2D eigenvalue weighted by atomic mass is 9.94. The number of unbranched alkanes of at least 4 members (excludes halogenated alkanes) is 5. The van der Waals surface area contributed by atoms with Crippen LogP contribution in [0.1, 0.15) is 113 Å². The maximum Gasteiger partial charge on any atom is 0.408 e. The fraction of sp³-hybridized carbons (Fsp3) is 0.556. The van der Waals surface area contributed by atoms with E-state index in [1.807, 2.05) is 64.1 Å². The number of primary amides is 1. The van der Waals surface area contributed by atoms with Crippen molar-refractivity contribution in [1.82, 2.24) is 10.2 Å². The first-order chi connectivity index (χ1) is 21.2. The molecule has 0 bridgehead atoms. The van der Waals surface area contributed by atoms with E-state index in [2.05, 4.69) is 17.6 Å².